The molecule has 1 aliphatic carbocycles. The fraction of sp³-hybridized carbons (Fsp3) is 1.00. The zero-order valence-electron chi connectivity index (χ0n) is 10.7. The summed E-state index contributed by atoms with van der Waals surface area (Å²) in [5.74, 6) is 1.20. The molecule has 106 valence electrons. The number of hydrogen-bond acceptors (Lipinski definition) is 5. The quantitative estimate of drug-likeness (QED) is 0.682. The van der Waals surface area contributed by atoms with Crippen LogP contribution in [0.1, 0.15) is 25.7 Å². The zero-order chi connectivity index (χ0) is 13.0. The largest absolute Gasteiger partial charge is 0.389 e. The molecule has 0 spiro atoms. The van der Waals surface area contributed by atoms with E-state index in [2.05, 4.69) is 5.32 Å². The van der Waals surface area contributed by atoms with E-state index in [4.69, 9.17) is 4.74 Å². The maximum Gasteiger partial charge on any atom is 0.151 e. The van der Waals surface area contributed by atoms with E-state index in [1.54, 1.807) is 0 Å². The fourth-order valence-corrected chi connectivity index (χ4v) is 3.87. The molecule has 2 rings (SSSR count). The van der Waals surface area contributed by atoms with Gasteiger partial charge in [0.15, 0.2) is 9.84 Å². The molecule has 2 fully saturated rings. The van der Waals surface area contributed by atoms with Crippen molar-refractivity contribution in [3.8, 4) is 0 Å². The molecule has 2 unspecified atom stereocenters. The number of rotatable bonds is 7. The van der Waals surface area contributed by atoms with Crippen LogP contribution in [0.5, 0.6) is 0 Å². The lowest BCUT2D eigenvalue weighted by molar-refractivity contribution is 0.0314. The minimum atomic E-state index is -2.88. The Morgan fingerprint density at radius 1 is 1.33 bits per heavy atom. The van der Waals surface area contributed by atoms with Crippen molar-refractivity contribution in [3.05, 3.63) is 0 Å². The van der Waals surface area contributed by atoms with Gasteiger partial charge in [-0.3, -0.25) is 0 Å². The number of nitrogens with one attached hydrogen (secondary N) is 1. The summed E-state index contributed by atoms with van der Waals surface area (Å²) in [6, 6.07) is -0.0122. The van der Waals surface area contributed by atoms with Crippen LogP contribution in [0.3, 0.4) is 0 Å². The highest BCUT2D eigenvalue weighted by atomic mass is 32.2. The van der Waals surface area contributed by atoms with Gasteiger partial charge in [-0.1, -0.05) is 0 Å². The van der Waals surface area contributed by atoms with Crippen molar-refractivity contribution < 1.29 is 18.3 Å². The van der Waals surface area contributed by atoms with E-state index in [0.29, 0.717) is 31.2 Å². The van der Waals surface area contributed by atoms with Crippen molar-refractivity contribution in [2.24, 2.45) is 5.92 Å². The van der Waals surface area contributed by atoms with E-state index in [1.165, 1.54) is 12.8 Å². The van der Waals surface area contributed by atoms with Crippen molar-refractivity contribution >= 4 is 9.84 Å². The van der Waals surface area contributed by atoms with Gasteiger partial charge >= 0.3 is 0 Å². The fourth-order valence-electron chi connectivity index (χ4n) is 2.20. The summed E-state index contributed by atoms with van der Waals surface area (Å²) in [4.78, 5) is 0. The highest BCUT2D eigenvalue weighted by molar-refractivity contribution is 7.91. The van der Waals surface area contributed by atoms with Crippen LogP contribution in [0.2, 0.25) is 0 Å². The van der Waals surface area contributed by atoms with Crippen LogP contribution >= 0.6 is 0 Å². The topological polar surface area (TPSA) is 75.6 Å². The molecule has 1 saturated heterocycles. The third-order valence-corrected chi connectivity index (χ3v) is 5.29. The molecule has 0 bridgehead atoms. The van der Waals surface area contributed by atoms with Crippen LogP contribution < -0.4 is 5.32 Å². The number of sulfone groups is 1. The van der Waals surface area contributed by atoms with Crippen molar-refractivity contribution in [2.45, 2.75) is 37.8 Å². The third kappa shape index (κ3) is 5.22. The van der Waals surface area contributed by atoms with E-state index < -0.39 is 15.9 Å². The van der Waals surface area contributed by atoms with Gasteiger partial charge in [-0.2, -0.15) is 0 Å². The first-order valence-electron chi connectivity index (χ1n) is 6.75. The third-order valence-electron chi connectivity index (χ3n) is 3.47. The van der Waals surface area contributed by atoms with Gasteiger partial charge < -0.3 is 15.2 Å². The Morgan fingerprint density at radius 2 is 2.11 bits per heavy atom. The molecule has 0 radical (unpaired) electrons. The first kappa shape index (κ1) is 14.2. The minimum absolute atomic E-state index is 0.0122. The van der Waals surface area contributed by atoms with Crippen LogP contribution in [0, 0.1) is 5.92 Å². The molecule has 18 heavy (non-hydrogen) atoms. The van der Waals surface area contributed by atoms with E-state index in [0.717, 1.165) is 13.0 Å². The predicted molar refractivity (Wildman–Crippen MR) is 69.2 cm³/mol. The Morgan fingerprint density at radius 3 is 2.78 bits per heavy atom. The van der Waals surface area contributed by atoms with E-state index >= 15 is 0 Å². The number of aliphatic hydroxyl groups excluding tert-OH is 1. The Bertz CT molecular complexity index is 353. The van der Waals surface area contributed by atoms with Crippen LogP contribution in [-0.2, 0) is 14.6 Å². The van der Waals surface area contributed by atoms with Gasteiger partial charge in [0, 0.05) is 19.2 Å². The average Bonchev–Trinajstić information content (AvgIpc) is 3.09. The van der Waals surface area contributed by atoms with Crippen LogP contribution in [0.15, 0.2) is 0 Å². The highest BCUT2D eigenvalue weighted by Crippen LogP contribution is 2.28. The Hall–Kier alpha value is -0.170. The normalized spacial score (nSPS) is 29.1. The summed E-state index contributed by atoms with van der Waals surface area (Å²) in [5, 5.41) is 12.8. The molecule has 2 N–H and O–H groups in total. The maximum atomic E-state index is 11.4. The molecule has 6 heteroatoms. The van der Waals surface area contributed by atoms with Gasteiger partial charge in [-0.05, 0) is 31.6 Å². The number of ether oxygens (including phenoxy) is 1. The molecular formula is C12H23NO4S. The molecule has 2 atom stereocenters. The van der Waals surface area contributed by atoms with Gasteiger partial charge in [-0.15, -0.1) is 0 Å². The molecule has 1 saturated carbocycles. The minimum Gasteiger partial charge on any atom is -0.389 e. The highest BCUT2D eigenvalue weighted by Gasteiger charge is 2.25. The van der Waals surface area contributed by atoms with Gasteiger partial charge in [0.1, 0.15) is 0 Å². The lowest BCUT2D eigenvalue weighted by atomic mass is 10.2. The molecular weight excluding hydrogens is 254 g/mol. The molecule has 5 nitrogen and oxygen atoms in total. The maximum absolute atomic E-state index is 11.4. The number of hydrogen-bond donors (Lipinski definition) is 2. The summed E-state index contributed by atoms with van der Waals surface area (Å²) in [5.41, 5.74) is 0. The SMILES string of the molecule is O=S1(=O)CCCC(NCC(O)COCC2CC2)C1. The van der Waals surface area contributed by atoms with Crippen LogP contribution in [0.4, 0.5) is 0 Å². The Labute approximate surface area is 109 Å². The second-order valence-electron chi connectivity index (χ2n) is 5.50. The second-order valence-corrected chi connectivity index (χ2v) is 7.73. The van der Waals surface area contributed by atoms with E-state index in [9.17, 15) is 13.5 Å². The zero-order valence-corrected chi connectivity index (χ0v) is 11.5. The summed E-state index contributed by atoms with van der Waals surface area (Å²) in [6.45, 7) is 1.49. The van der Waals surface area contributed by atoms with Crippen LogP contribution in [0.25, 0.3) is 0 Å². The lowest BCUT2D eigenvalue weighted by Crippen LogP contribution is -2.44. The predicted octanol–water partition coefficient (Wildman–Crippen LogP) is -0.0593. The monoisotopic (exact) mass is 277 g/mol. The molecule has 2 aliphatic rings. The van der Waals surface area contributed by atoms with Gasteiger partial charge in [0.2, 0.25) is 0 Å². The summed E-state index contributed by atoms with van der Waals surface area (Å²) in [7, 11) is -2.88. The Kier molecular flexibility index (Phi) is 5.00. The van der Waals surface area contributed by atoms with Crippen molar-refractivity contribution in [2.75, 3.05) is 31.3 Å². The van der Waals surface area contributed by atoms with Gasteiger partial charge in [0.25, 0.3) is 0 Å². The molecule has 1 aliphatic heterocycles. The molecule has 0 amide bonds. The molecule has 0 aromatic rings. The molecule has 0 aromatic heterocycles. The van der Waals surface area contributed by atoms with Crippen LogP contribution in [-0.4, -0.2) is 56.9 Å². The lowest BCUT2D eigenvalue weighted by Gasteiger charge is -2.24. The standard InChI is InChI=1S/C12H23NO4S/c14-12(8-17-7-10-3-4-10)6-13-11-2-1-5-18(15,16)9-11/h10-14H,1-9H2. The summed E-state index contributed by atoms with van der Waals surface area (Å²) in [6.07, 6.45) is 3.53. The molecule has 0 aromatic carbocycles. The Balaban J connectivity index is 1.57. The molecule has 1 heterocycles. The van der Waals surface area contributed by atoms with E-state index in [-0.39, 0.29) is 11.8 Å². The first-order valence-corrected chi connectivity index (χ1v) is 8.57. The first-order chi connectivity index (χ1) is 8.55. The average molecular weight is 277 g/mol. The number of aliphatic hydroxyl groups is 1. The van der Waals surface area contributed by atoms with Crippen molar-refractivity contribution in [3.63, 3.8) is 0 Å². The smallest absolute Gasteiger partial charge is 0.151 e. The summed E-state index contributed by atoms with van der Waals surface area (Å²) < 4.78 is 28.3. The van der Waals surface area contributed by atoms with Gasteiger partial charge in [-0.25, -0.2) is 8.42 Å². The van der Waals surface area contributed by atoms with Crippen molar-refractivity contribution in [1.82, 2.24) is 5.32 Å². The van der Waals surface area contributed by atoms with Gasteiger partial charge in [0.05, 0.1) is 24.2 Å². The summed E-state index contributed by atoms with van der Waals surface area (Å²) >= 11 is 0. The van der Waals surface area contributed by atoms with Crippen molar-refractivity contribution in [1.29, 1.82) is 0 Å². The van der Waals surface area contributed by atoms with E-state index in [1.807, 2.05) is 0 Å². The second kappa shape index (κ2) is 6.32.